The van der Waals surface area contributed by atoms with E-state index in [0.717, 1.165) is 43.9 Å². The summed E-state index contributed by atoms with van der Waals surface area (Å²) in [7, 11) is -2.27. The van der Waals surface area contributed by atoms with Gasteiger partial charge in [-0.3, -0.25) is 0 Å². The van der Waals surface area contributed by atoms with Crippen LogP contribution < -0.4 is 20.7 Å². The standard InChI is InChI=1S/C35H29O3PS/c1-26-17-23-31(24-18-26)40(36,37)35-25-33(27-19-21-28(38-2)22-20-27)32-15-9-10-16-34(32)39(35,29-11-5-3-6-12-29)30-13-7-4-8-14-30/h3-25H,1-2H3. The Balaban J connectivity index is 1.84. The topological polar surface area (TPSA) is 43.4 Å². The van der Waals surface area contributed by atoms with E-state index in [1.807, 2.05) is 97.9 Å². The van der Waals surface area contributed by atoms with Gasteiger partial charge in [-0.25, -0.2) is 8.42 Å². The Bertz CT molecular complexity index is 1830. The molecule has 1 aliphatic heterocycles. The highest BCUT2D eigenvalue weighted by Crippen LogP contribution is 2.53. The Labute approximate surface area is 236 Å². The summed E-state index contributed by atoms with van der Waals surface area (Å²) in [6.45, 7) is -0.874. The highest BCUT2D eigenvalue weighted by atomic mass is 32.2. The Kier molecular flexibility index (Phi) is 6.83. The Morgan fingerprint density at radius 1 is 0.625 bits per heavy atom. The van der Waals surface area contributed by atoms with Crippen LogP contribution in [0.1, 0.15) is 16.7 Å². The molecule has 0 unspecified atom stereocenters. The first-order valence-corrected chi connectivity index (χ1v) is 16.4. The van der Waals surface area contributed by atoms with Crippen molar-refractivity contribution in [3.05, 3.63) is 156 Å². The lowest BCUT2D eigenvalue weighted by Gasteiger charge is -2.36. The molecule has 0 aromatic heterocycles. The summed E-state index contributed by atoms with van der Waals surface area (Å²) < 4.78 is 35.6. The number of aryl methyl sites for hydroxylation is 1. The summed E-state index contributed by atoms with van der Waals surface area (Å²) in [4.78, 5) is 0.300. The van der Waals surface area contributed by atoms with Crippen LogP contribution in [0.3, 0.4) is 0 Å². The summed E-state index contributed by atoms with van der Waals surface area (Å²) in [6, 6.07) is 43.6. The fraction of sp³-hybridized carbons (Fsp3) is 0.0571. The monoisotopic (exact) mass is 560 g/mol. The molecule has 5 aromatic carbocycles. The van der Waals surface area contributed by atoms with E-state index in [4.69, 9.17) is 4.74 Å². The smallest absolute Gasteiger partial charge is 0.207 e. The van der Waals surface area contributed by atoms with Crippen molar-refractivity contribution in [1.82, 2.24) is 0 Å². The van der Waals surface area contributed by atoms with Gasteiger partial charge in [0.2, 0.25) is 9.84 Å². The minimum Gasteiger partial charge on any atom is -0.497 e. The summed E-state index contributed by atoms with van der Waals surface area (Å²) in [5.41, 5.74) is 3.87. The van der Waals surface area contributed by atoms with E-state index in [2.05, 4.69) is 36.4 Å². The van der Waals surface area contributed by atoms with E-state index in [1.54, 1.807) is 19.2 Å². The number of rotatable bonds is 6. The first-order chi connectivity index (χ1) is 19.5. The highest BCUT2D eigenvalue weighted by Gasteiger charge is 2.40. The Hall–Kier alpha value is -4.11. The molecule has 0 fully saturated rings. The molecule has 0 saturated heterocycles. The van der Waals surface area contributed by atoms with Crippen LogP contribution in [0.25, 0.3) is 5.57 Å². The van der Waals surface area contributed by atoms with Crippen LogP contribution in [0, 0.1) is 6.92 Å². The number of ether oxygens (including phenoxy) is 1. The second-order valence-electron chi connectivity index (χ2n) is 9.80. The normalized spacial score (nSPS) is 14.2. The van der Waals surface area contributed by atoms with E-state index in [-0.39, 0.29) is 0 Å². The van der Waals surface area contributed by atoms with E-state index in [1.165, 1.54) is 0 Å². The highest BCUT2D eigenvalue weighted by molar-refractivity contribution is 8.20. The maximum absolute atomic E-state index is 14.9. The van der Waals surface area contributed by atoms with Gasteiger partial charge in [-0.1, -0.05) is 115 Å². The lowest BCUT2D eigenvalue weighted by atomic mass is 9.97. The minimum absolute atomic E-state index is 0.300. The van der Waals surface area contributed by atoms with Crippen LogP contribution in [0.15, 0.2) is 144 Å². The van der Waals surface area contributed by atoms with Gasteiger partial charge >= 0.3 is 0 Å². The molecule has 40 heavy (non-hydrogen) atoms. The van der Waals surface area contributed by atoms with Crippen molar-refractivity contribution in [1.29, 1.82) is 0 Å². The van der Waals surface area contributed by atoms with Gasteiger partial charge in [0.25, 0.3) is 0 Å². The lowest BCUT2D eigenvalue weighted by molar-refractivity contribution is 0.415. The zero-order valence-corrected chi connectivity index (χ0v) is 24.1. The summed E-state index contributed by atoms with van der Waals surface area (Å²) in [5, 5.41) is 3.04. The van der Waals surface area contributed by atoms with Crippen molar-refractivity contribution in [2.45, 2.75) is 11.8 Å². The van der Waals surface area contributed by atoms with Crippen molar-refractivity contribution < 1.29 is 13.2 Å². The average Bonchev–Trinajstić information content (AvgIpc) is 3.01. The number of benzene rings is 5. The van der Waals surface area contributed by atoms with Crippen LogP contribution in [0.2, 0.25) is 0 Å². The SMILES string of the molecule is COc1ccc(C2=CC(S(=O)(=O)c3ccc(C)cc3)=P(c3ccccc3)(c3ccccc3)c3ccccc32)cc1. The van der Waals surface area contributed by atoms with E-state index >= 15 is 0 Å². The molecule has 5 heteroatoms. The van der Waals surface area contributed by atoms with Gasteiger partial charge < -0.3 is 4.74 Å². The fourth-order valence-electron chi connectivity index (χ4n) is 5.50. The molecule has 1 aliphatic rings. The third kappa shape index (κ3) is 4.25. The van der Waals surface area contributed by atoms with Crippen LogP contribution in [-0.4, -0.2) is 20.2 Å². The van der Waals surface area contributed by atoms with Crippen LogP contribution in [-0.2, 0) is 9.84 Å². The molecule has 5 aromatic rings. The fourth-order valence-corrected chi connectivity index (χ4v) is 13.2. The molecule has 0 spiro atoms. The van der Waals surface area contributed by atoms with Gasteiger partial charge in [-0.15, -0.1) is 0 Å². The van der Waals surface area contributed by atoms with E-state index in [0.29, 0.717) is 9.52 Å². The molecule has 0 amide bonds. The summed E-state index contributed by atoms with van der Waals surface area (Å²) in [6.07, 6.45) is 1.94. The second kappa shape index (κ2) is 10.5. The van der Waals surface area contributed by atoms with Crippen LogP contribution in [0.5, 0.6) is 5.75 Å². The van der Waals surface area contributed by atoms with Crippen molar-refractivity contribution in [2.24, 2.45) is 0 Å². The summed E-state index contributed by atoms with van der Waals surface area (Å²) in [5.74, 6) is 0.750. The molecule has 0 atom stereocenters. The third-order valence-corrected chi connectivity index (χ3v) is 14.6. The van der Waals surface area contributed by atoms with Crippen molar-refractivity contribution in [3.8, 4) is 5.75 Å². The zero-order chi connectivity index (χ0) is 27.7. The van der Waals surface area contributed by atoms with Crippen LogP contribution in [0.4, 0.5) is 0 Å². The number of fused-ring (bicyclic) bond motifs is 1. The van der Waals surface area contributed by atoms with Crippen molar-refractivity contribution >= 4 is 42.8 Å². The van der Waals surface area contributed by atoms with E-state index in [9.17, 15) is 8.42 Å². The predicted molar refractivity (Wildman–Crippen MR) is 169 cm³/mol. The third-order valence-electron chi connectivity index (χ3n) is 7.45. The molecule has 198 valence electrons. The maximum atomic E-state index is 14.9. The van der Waals surface area contributed by atoms with Crippen molar-refractivity contribution in [2.75, 3.05) is 7.11 Å². The van der Waals surface area contributed by atoms with Gasteiger partial charge in [0.05, 0.1) is 16.6 Å². The second-order valence-corrected chi connectivity index (χ2v) is 15.4. The molecule has 0 saturated carbocycles. The van der Waals surface area contributed by atoms with Crippen LogP contribution >= 0.6 is 6.89 Å². The molecule has 0 radical (unpaired) electrons. The maximum Gasteiger partial charge on any atom is 0.207 e. The largest absolute Gasteiger partial charge is 0.497 e. The Morgan fingerprint density at radius 2 is 1.18 bits per heavy atom. The van der Waals surface area contributed by atoms with Gasteiger partial charge in [-0.05, 0) is 76.8 Å². The van der Waals surface area contributed by atoms with Gasteiger partial charge in [0.15, 0.2) is 0 Å². The number of sulfone groups is 1. The minimum atomic E-state index is -3.91. The predicted octanol–water partition coefficient (Wildman–Crippen LogP) is 6.35. The molecular weight excluding hydrogens is 531 g/mol. The molecule has 0 bridgehead atoms. The molecule has 0 N–H and O–H groups in total. The number of hydrogen-bond acceptors (Lipinski definition) is 3. The quantitative estimate of drug-likeness (QED) is 0.228. The first-order valence-electron chi connectivity index (χ1n) is 13.1. The van der Waals surface area contributed by atoms with Crippen molar-refractivity contribution in [3.63, 3.8) is 0 Å². The average molecular weight is 561 g/mol. The lowest BCUT2D eigenvalue weighted by Crippen LogP contribution is -2.36. The number of hydrogen-bond donors (Lipinski definition) is 0. The molecule has 1 heterocycles. The van der Waals surface area contributed by atoms with E-state index < -0.39 is 16.7 Å². The van der Waals surface area contributed by atoms with Gasteiger partial charge in [0, 0.05) is 0 Å². The molecule has 3 nitrogen and oxygen atoms in total. The zero-order valence-electron chi connectivity index (χ0n) is 22.4. The first kappa shape index (κ1) is 26.1. The summed E-state index contributed by atoms with van der Waals surface area (Å²) >= 11 is 0. The molecule has 0 aliphatic carbocycles. The molecule has 6 rings (SSSR count). The Morgan fingerprint density at radius 3 is 1.75 bits per heavy atom. The van der Waals surface area contributed by atoms with Gasteiger partial charge in [0.1, 0.15) is 5.75 Å². The van der Waals surface area contributed by atoms with Gasteiger partial charge in [-0.2, -0.15) is 0 Å². The molecular formula is C35H29O3PS. The number of methoxy groups -OCH3 is 1.